The molecule has 4 nitrogen and oxygen atoms in total. The minimum absolute atomic E-state index is 0.363. The van der Waals surface area contributed by atoms with Crippen molar-refractivity contribution in [1.82, 2.24) is 15.1 Å². The summed E-state index contributed by atoms with van der Waals surface area (Å²) in [5.41, 5.74) is 0.474. The van der Waals surface area contributed by atoms with Crippen molar-refractivity contribution in [2.45, 2.75) is 57.4 Å². The number of carbonyl (C=O) groups is 1. The number of hydrogen-bond donors (Lipinski definition) is 1. The molecule has 0 aromatic carbocycles. The topological polar surface area (TPSA) is 35.6 Å². The number of nitrogens with one attached hydrogen (secondary N) is 1. The molecule has 0 aromatic heterocycles. The van der Waals surface area contributed by atoms with Gasteiger partial charge in [0.15, 0.2) is 0 Å². The maximum Gasteiger partial charge on any atom is 0.223 e. The monoisotopic (exact) mass is 319 g/mol. The molecule has 4 aliphatic rings. The lowest BCUT2D eigenvalue weighted by Gasteiger charge is -2.41. The first kappa shape index (κ1) is 15.9. The Bertz CT molecular complexity index is 432. The molecule has 1 spiro atoms. The van der Waals surface area contributed by atoms with Crippen molar-refractivity contribution >= 4 is 5.91 Å². The van der Waals surface area contributed by atoms with Gasteiger partial charge in [0.25, 0.3) is 0 Å². The molecule has 130 valence electrons. The van der Waals surface area contributed by atoms with Crippen molar-refractivity contribution in [3.8, 4) is 0 Å². The molecule has 2 heterocycles. The summed E-state index contributed by atoms with van der Waals surface area (Å²) >= 11 is 0. The van der Waals surface area contributed by atoms with Gasteiger partial charge in [-0.3, -0.25) is 4.79 Å². The molecule has 23 heavy (non-hydrogen) atoms. The van der Waals surface area contributed by atoms with Crippen LogP contribution in [0.3, 0.4) is 0 Å². The molecule has 2 saturated heterocycles. The molecule has 0 aromatic rings. The third kappa shape index (κ3) is 3.30. The Hall–Kier alpha value is -0.610. The SMILES string of the molecule is CN1CCC(N2CCC(CNC(=O)[C@H]3CC34CCC4)CC2)CC1. The molecule has 2 aliphatic heterocycles. The van der Waals surface area contributed by atoms with Crippen molar-refractivity contribution in [3.05, 3.63) is 0 Å². The van der Waals surface area contributed by atoms with E-state index in [9.17, 15) is 4.79 Å². The van der Waals surface area contributed by atoms with Gasteiger partial charge in [0, 0.05) is 18.5 Å². The lowest BCUT2D eigenvalue weighted by Crippen LogP contribution is -2.48. The van der Waals surface area contributed by atoms with Gasteiger partial charge in [-0.15, -0.1) is 0 Å². The Morgan fingerprint density at radius 3 is 2.35 bits per heavy atom. The van der Waals surface area contributed by atoms with E-state index in [0.29, 0.717) is 23.2 Å². The van der Waals surface area contributed by atoms with E-state index in [1.807, 2.05) is 0 Å². The molecule has 1 N–H and O–H groups in total. The van der Waals surface area contributed by atoms with Crippen LogP contribution in [0.5, 0.6) is 0 Å². The number of likely N-dealkylation sites (tertiary alicyclic amines) is 2. The molecule has 0 radical (unpaired) electrons. The second-order valence-electron chi connectivity index (χ2n) is 8.73. The molecular weight excluding hydrogens is 286 g/mol. The molecule has 0 unspecified atom stereocenters. The van der Waals surface area contributed by atoms with E-state index in [0.717, 1.165) is 12.6 Å². The Labute approximate surface area is 141 Å². The Morgan fingerprint density at radius 1 is 1.09 bits per heavy atom. The highest BCUT2D eigenvalue weighted by molar-refractivity contribution is 5.82. The minimum atomic E-state index is 0.363. The lowest BCUT2D eigenvalue weighted by atomic mass is 9.79. The van der Waals surface area contributed by atoms with Crippen molar-refractivity contribution in [2.24, 2.45) is 17.3 Å². The van der Waals surface area contributed by atoms with E-state index in [2.05, 4.69) is 22.2 Å². The van der Waals surface area contributed by atoms with Crippen LogP contribution < -0.4 is 5.32 Å². The Kier molecular flexibility index (Phi) is 4.39. The predicted molar refractivity (Wildman–Crippen MR) is 92.2 cm³/mol. The van der Waals surface area contributed by atoms with Gasteiger partial charge in [-0.05, 0) is 89.5 Å². The second kappa shape index (κ2) is 6.36. The molecule has 4 heteroatoms. The van der Waals surface area contributed by atoms with E-state index in [1.165, 1.54) is 77.5 Å². The maximum atomic E-state index is 12.3. The number of carbonyl (C=O) groups excluding carboxylic acids is 1. The van der Waals surface area contributed by atoms with E-state index in [4.69, 9.17) is 0 Å². The van der Waals surface area contributed by atoms with Gasteiger partial charge in [0.05, 0.1) is 0 Å². The molecule has 1 amide bonds. The van der Waals surface area contributed by atoms with Crippen LogP contribution >= 0.6 is 0 Å². The van der Waals surface area contributed by atoms with E-state index in [-0.39, 0.29) is 0 Å². The van der Waals surface area contributed by atoms with Crippen molar-refractivity contribution in [1.29, 1.82) is 0 Å². The van der Waals surface area contributed by atoms with Crippen LogP contribution in [0, 0.1) is 17.3 Å². The number of amides is 1. The maximum absolute atomic E-state index is 12.3. The summed E-state index contributed by atoms with van der Waals surface area (Å²) in [6.45, 7) is 5.91. The first-order valence-corrected chi connectivity index (χ1v) is 9.87. The van der Waals surface area contributed by atoms with Crippen molar-refractivity contribution in [3.63, 3.8) is 0 Å². The van der Waals surface area contributed by atoms with E-state index >= 15 is 0 Å². The molecule has 1 atom stereocenters. The third-order valence-corrected chi connectivity index (χ3v) is 7.27. The summed E-state index contributed by atoms with van der Waals surface area (Å²) in [6.07, 6.45) is 10.3. The average molecular weight is 319 g/mol. The average Bonchev–Trinajstić information content (AvgIpc) is 3.30. The van der Waals surface area contributed by atoms with E-state index < -0.39 is 0 Å². The standard InChI is InChI=1S/C19H33N3O/c1-21-9-5-16(6-10-21)22-11-3-15(4-12-22)14-20-18(23)17-13-19(17)7-2-8-19/h15-17H,2-14H2,1H3,(H,20,23)/t17-/m1/s1. The predicted octanol–water partition coefficient (Wildman–Crippen LogP) is 2.10. The van der Waals surface area contributed by atoms with Crippen LogP contribution in [-0.2, 0) is 4.79 Å². The van der Waals surface area contributed by atoms with Crippen LogP contribution in [-0.4, -0.2) is 61.5 Å². The summed E-state index contributed by atoms with van der Waals surface area (Å²) in [7, 11) is 2.23. The first-order valence-electron chi connectivity index (χ1n) is 9.87. The summed E-state index contributed by atoms with van der Waals surface area (Å²) in [4.78, 5) is 17.4. The van der Waals surface area contributed by atoms with Gasteiger partial charge < -0.3 is 15.1 Å². The lowest BCUT2D eigenvalue weighted by molar-refractivity contribution is -0.123. The van der Waals surface area contributed by atoms with Crippen molar-refractivity contribution in [2.75, 3.05) is 39.8 Å². The fourth-order valence-electron chi connectivity index (χ4n) is 5.15. The van der Waals surface area contributed by atoms with Crippen molar-refractivity contribution < 1.29 is 4.79 Å². The third-order valence-electron chi connectivity index (χ3n) is 7.27. The normalized spacial score (nSPS) is 32.7. The van der Waals surface area contributed by atoms with Gasteiger partial charge in [-0.25, -0.2) is 0 Å². The molecule has 2 aliphatic carbocycles. The fraction of sp³-hybridized carbons (Fsp3) is 0.947. The highest BCUT2D eigenvalue weighted by atomic mass is 16.2. The highest BCUT2D eigenvalue weighted by Gasteiger charge is 2.60. The van der Waals surface area contributed by atoms with Gasteiger partial charge in [0.1, 0.15) is 0 Å². The van der Waals surface area contributed by atoms with Gasteiger partial charge in [-0.1, -0.05) is 6.42 Å². The zero-order valence-corrected chi connectivity index (χ0v) is 14.7. The smallest absolute Gasteiger partial charge is 0.223 e. The quantitative estimate of drug-likeness (QED) is 0.862. The second-order valence-corrected chi connectivity index (χ2v) is 8.73. The summed E-state index contributed by atoms with van der Waals surface area (Å²) in [5.74, 6) is 1.44. The number of nitrogens with zero attached hydrogens (tertiary/aromatic N) is 2. The van der Waals surface area contributed by atoms with Gasteiger partial charge in [0.2, 0.25) is 5.91 Å². The zero-order chi connectivity index (χ0) is 15.9. The zero-order valence-electron chi connectivity index (χ0n) is 14.7. The number of piperidine rings is 2. The van der Waals surface area contributed by atoms with Crippen LogP contribution in [0.1, 0.15) is 51.4 Å². The Balaban J connectivity index is 1.15. The van der Waals surface area contributed by atoms with Crippen LogP contribution in [0.4, 0.5) is 0 Å². The van der Waals surface area contributed by atoms with Crippen LogP contribution in [0.25, 0.3) is 0 Å². The number of rotatable bonds is 4. The molecular formula is C19H33N3O. The Morgan fingerprint density at radius 2 is 1.78 bits per heavy atom. The largest absolute Gasteiger partial charge is 0.356 e. The van der Waals surface area contributed by atoms with Crippen LogP contribution in [0.15, 0.2) is 0 Å². The minimum Gasteiger partial charge on any atom is -0.356 e. The van der Waals surface area contributed by atoms with Crippen LogP contribution in [0.2, 0.25) is 0 Å². The summed E-state index contributed by atoms with van der Waals surface area (Å²) < 4.78 is 0. The molecule has 0 bridgehead atoms. The highest BCUT2D eigenvalue weighted by Crippen LogP contribution is 2.65. The fourth-order valence-corrected chi connectivity index (χ4v) is 5.15. The summed E-state index contributed by atoms with van der Waals surface area (Å²) in [5, 5.41) is 3.27. The summed E-state index contributed by atoms with van der Waals surface area (Å²) in [6, 6.07) is 0.812. The number of hydrogen-bond acceptors (Lipinski definition) is 3. The van der Waals surface area contributed by atoms with Gasteiger partial charge >= 0.3 is 0 Å². The molecule has 4 fully saturated rings. The van der Waals surface area contributed by atoms with Gasteiger partial charge in [-0.2, -0.15) is 0 Å². The first-order chi connectivity index (χ1) is 11.2. The van der Waals surface area contributed by atoms with E-state index in [1.54, 1.807) is 0 Å². The molecule has 4 rings (SSSR count). The molecule has 2 saturated carbocycles.